The van der Waals surface area contributed by atoms with Gasteiger partial charge in [-0.15, -0.1) is 0 Å². The molecule has 0 unspecified atom stereocenters. The molecule has 1 fully saturated rings. The number of halogens is 1. The van der Waals surface area contributed by atoms with Crippen molar-refractivity contribution in [3.05, 3.63) is 74.5 Å². The highest BCUT2D eigenvalue weighted by molar-refractivity contribution is 7.89. The molecule has 2 heterocycles. The van der Waals surface area contributed by atoms with E-state index in [1.807, 2.05) is 26.0 Å². The van der Waals surface area contributed by atoms with Crippen molar-refractivity contribution in [1.82, 2.24) is 9.29 Å². The molecule has 2 aromatic carbocycles. The van der Waals surface area contributed by atoms with Gasteiger partial charge in [0.15, 0.2) is 0 Å². The third-order valence-electron chi connectivity index (χ3n) is 5.61. The van der Waals surface area contributed by atoms with Crippen molar-refractivity contribution in [2.24, 2.45) is 0 Å². The molecule has 7 nitrogen and oxygen atoms in total. The van der Waals surface area contributed by atoms with Crippen molar-refractivity contribution in [2.45, 2.75) is 31.4 Å². The van der Waals surface area contributed by atoms with E-state index in [1.54, 1.807) is 18.2 Å². The van der Waals surface area contributed by atoms with Crippen LogP contribution in [0.5, 0.6) is 0 Å². The first-order valence-electron chi connectivity index (χ1n) is 10.3. The SMILES string of the molecule is Cc1cc2cc(CN(C[C@H]3COCCO3)S(=O)(=O)c3cccc(Cl)c3)c(=O)[nH]c2cc1C. The van der Waals surface area contributed by atoms with Gasteiger partial charge in [-0.3, -0.25) is 4.79 Å². The lowest BCUT2D eigenvalue weighted by Crippen LogP contribution is -2.43. The maximum Gasteiger partial charge on any atom is 0.252 e. The summed E-state index contributed by atoms with van der Waals surface area (Å²) in [5, 5.41) is 1.16. The first-order chi connectivity index (χ1) is 15.2. The zero-order valence-corrected chi connectivity index (χ0v) is 19.5. The van der Waals surface area contributed by atoms with Crippen molar-refractivity contribution in [1.29, 1.82) is 0 Å². The predicted molar refractivity (Wildman–Crippen MR) is 124 cm³/mol. The molecular formula is C23H25ClN2O5S. The number of nitrogens with zero attached hydrogens (tertiary/aromatic N) is 1. The summed E-state index contributed by atoms with van der Waals surface area (Å²) in [6, 6.07) is 11.7. The van der Waals surface area contributed by atoms with Gasteiger partial charge in [-0.1, -0.05) is 17.7 Å². The van der Waals surface area contributed by atoms with Crippen LogP contribution in [-0.2, 0) is 26.0 Å². The summed E-state index contributed by atoms with van der Waals surface area (Å²) in [6.45, 7) is 5.08. The van der Waals surface area contributed by atoms with E-state index in [0.29, 0.717) is 23.8 Å². The van der Waals surface area contributed by atoms with E-state index in [1.165, 1.54) is 16.4 Å². The molecule has 1 aromatic heterocycles. The average Bonchev–Trinajstić information content (AvgIpc) is 2.76. The van der Waals surface area contributed by atoms with E-state index in [2.05, 4.69) is 4.98 Å². The minimum Gasteiger partial charge on any atom is -0.376 e. The first-order valence-corrected chi connectivity index (χ1v) is 12.1. The Morgan fingerprint density at radius 1 is 1.12 bits per heavy atom. The Morgan fingerprint density at radius 2 is 1.91 bits per heavy atom. The molecule has 170 valence electrons. The van der Waals surface area contributed by atoms with Gasteiger partial charge in [0.2, 0.25) is 10.0 Å². The number of nitrogens with one attached hydrogen (secondary N) is 1. The molecule has 4 rings (SSSR count). The van der Waals surface area contributed by atoms with Crippen LogP contribution in [0.15, 0.2) is 52.2 Å². The molecule has 9 heteroatoms. The number of ether oxygens (including phenoxy) is 2. The summed E-state index contributed by atoms with van der Waals surface area (Å²) in [5.74, 6) is 0. The molecule has 32 heavy (non-hydrogen) atoms. The first kappa shape index (κ1) is 22.9. The fourth-order valence-electron chi connectivity index (χ4n) is 3.72. The molecule has 3 aromatic rings. The Bertz CT molecular complexity index is 1300. The smallest absolute Gasteiger partial charge is 0.252 e. The second kappa shape index (κ2) is 9.33. The molecule has 1 saturated heterocycles. The van der Waals surface area contributed by atoms with Gasteiger partial charge in [0.05, 0.1) is 30.8 Å². The molecule has 0 radical (unpaired) electrons. The average molecular weight is 477 g/mol. The number of hydrogen-bond acceptors (Lipinski definition) is 5. The molecule has 1 atom stereocenters. The number of aromatic nitrogens is 1. The lowest BCUT2D eigenvalue weighted by Gasteiger charge is -2.29. The minimum atomic E-state index is -3.95. The normalized spacial score (nSPS) is 17.2. The zero-order valence-electron chi connectivity index (χ0n) is 17.9. The van der Waals surface area contributed by atoms with Gasteiger partial charge in [-0.05, 0) is 66.8 Å². The highest BCUT2D eigenvalue weighted by Gasteiger charge is 2.30. The summed E-state index contributed by atoms with van der Waals surface area (Å²) >= 11 is 6.04. The lowest BCUT2D eigenvalue weighted by atomic mass is 10.0. The van der Waals surface area contributed by atoms with E-state index in [0.717, 1.165) is 22.0 Å². The maximum absolute atomic E-state index is 13.5. The third kappa shape index (κ3) is 4.89. The van der Waals surface area contributed by atoms with Gasteiger partial charge in [0.25, 0.3) is 5.56 Å². The topological polar surface area (TPSA) is 88.7 Å². The van der Waals surface area contributed by atoms with Crippen molar-refractivity contribution >= 4 is 32.5 Å². The van der Waals surface area contributed by atoms with Crippen LogP contribution < -0.4 is 5.56 Å². The summed E-state index contributed by atoms with van der Waals surface area (Å²) in [4.78, 5) is 15.8. The van der Waals surface area contributed by atoms with Crippen LogP contribution >= 0.6 is 11.6 Å². The van der Waals surface area contributed by atoms with E-state index in [9.17, 15) is 13.2 Å². The van der Waals surface area contributed by atoms with Crippen LogP contribution in [-0.4, -0.2) is 50.2 Å². The molecule has 0 saturated carbocycles. The van der Waals surface area contributed by atoms with Crippen molar-refractivity contribution in [2.75, 3.05) is 26.4 Å². The summed E-state index contributed by atoms with van der Waals surface area (Å²) in [7, 11) is -3.95. The minimum absolute atomic E-state index is 0.0548. The van der Waals surface area contributed by atoms with Crippen LogP contribution in [0.2, 0.25) is 5.02 Å². The molecule has 0 bridgehead atoms. The number of benzene rings is 2. The van der Waals surface area contributed by atoms with Gasteiger partial charge in [0, 0.05) is 29.2 Å². The number of pyridine rings is 1. The molecule has 1 aliphatic rings. The maximum atomic E-state index is 13.5. The molecule has 1 N–H and O–H groups in total. The third-order valence-corrected chi connectivity index (χ3v) is 7.65. The number of hydrogen-bond donors (Lipinski definition) is 1. The number of sulfonamides is 1. The van der Waals surface area contributed by atoms with Gasteiger partial charge < -0.3 is 14.5 Å². The van der Waals surface area contributed by atoms with E-state index >= 15 is 0 Å². The number of aryl methyl sites for hydroxylation is 2. The van der Waals surface area contributed by atoms with E-state index in [-0.39, 0.29) is 30.2 Å². The van der Waals surface area contributed by atoms with E-state index < -0.39 is 16.1 Å². The van der Waals surface area contributed by atoms with Crippen molar-refractivity contribution < 1.29 is 17.9 Å². The molecule has 1 aliphatic heterocycles. The van der Waals surface area contributed by atoms with Crippen LogP contribution in [0.3, 0.4) is 0 Å². The Balaban J connectivity index is 1.74. The highest BCUT2D eigenvalue weighted by atomic mass is 35.5. The van der Waals surface area contributed by atoms with Crippen LogP contribution in [0.4, 0.5) is 0 Å². The van der Waals surface area contributed by atoms with E-state index in [4.69, 9.17) is 21.1 Å². The zero-order chi connectivity index (χ0) is 22.9. The standard InChI is InChI=1S/C23H25ClN2O5S/c1-15-8-17-10-18(23(27)25-22(17)9-16(15)2)12-26(13-20-14-30-6-7-31-20)32(28,29)21-5-3-4-19(24)11-21/h3-5,8-11,20H,6-7,12-14H2,1-2H3,(H,25,27)/t20-/m0/s1. The number of rotatable bonds is 6. The Hall–Kier alpha value is -2.23. The second-order valence-electron chi connectivity index (χ2n) is 7.97. The van der Waals surface area contributed by atoms with Gasteiger partial charge >= 0.3 is 0 Å². The Morgan fingerprint density at radius 3 is 2.62 bits per heavy atom. The molecule has 0 aliphatic carbocycles. The van der Waals surface area contributed by atoms with Gasteiger partial charge in [0.1, 0.15) is 0 Å². The number of aromatic amines is 1. The summed E-state index contributed by atoms with van der Waals surface area (Å²) < 4.78 is 39.4. The van der Waals surface area contributed by atoms with Gasteiger partial charge in [-0.25, -0.2) is 8.42 Å². The monoisotopic (exact) mass is 476 g/mol. The van der Waals surface area contributed by atoms with Crippen molar-refractivity contribution in [3.63, 3.8) is 0 Å². The lowest BCUT2D eigenvalue weighted by molar-refractivity contribution is -0.0923. The summed E-state index contributed by atoms with van der Waals surface area (Å²) in [6.07, 6.45) is -0.429. The largest absolute Gasteiger partial charge is 0.376 e. The predicted octanol–water partition coefficient (Wildman–Crippen LogP) is 3.40. The number of fused-ring (bicyclic) bond motifs is 1. The van der Waals surface area contributed by atoms with Crippen LogP contribution in [0.1, 0.15) is 16.7 Å². The molecular weight excluding hydrogens is 452 g/mol. The number of H-pyrrole nitrogens is 1. The highest BCUT2D eigenvalue weighted by Crippen LogP contribution is 2.23. The quantitative estimate of drug-likeness (QED) is 0.589. The van der Waals surface area contributed by atoms with Gasteiger partial charge in [-0.2, -0.15) is 4.31 Å². The fraction of sp³-hybridized carbons (Fsp3) is 0.348. The summed E-state index contributed by atoms with van der Waals surface area (Å²) in [5.41, 5.74) is 2.90. The fourth-order valence-corrected chi connectivity index (χ4v) is 5.47. The Kier molecular flexibility index (Phi) is 6.69. The van der Waals surface area contributed by atoms with Crippen LogP contribution in [0.25, 0.3) is 10.9 Å². The molecule has 0 amide bonds. The second-order valence-corrected chi connectivity index (χ2v) is 10.3. The van der Waals surface area contributed by atoms with Crippen molar-refractivity contribution in [3.8, 4) is 0 Å². The van der Waals surface area contributed by atoms with Crippen LogP contribution in [0, 0.1) is 13.8 Å². The Labute approximate surface area is 192 Å². The molecule has 0 spiro atoms.